The van der Waals surface area contributed by atoms with Crippen molar-refractivity contribution in [2.45, 2.75) is 95.1 Å². The number of rotatable bonds is 13. The van der Waals surface area contributed by atoms with Crippen LogP contribution in [0.3, 0.4) is 0 Å². The lowest BCUT2D eigenvalue weighted by atomic mass is 9.79. The Labute approximate surface area is 264 Å². The molecule has 0 unspecified atom stereocenters. The first-order valence-corrected chi connectivity index (χ1v) is 16.2. The highest BCUT2D eigenvalue weighted by Crippen LogP contribution is 2.44. The van der Waals surface area contributed by atoms with Crippen LogP contribution in [0.15, 0.2) is 36.4 Å². The molecule has 2 aliphatic rings. The summed E-state index contributed by atoms with van der Waals surface area (Å²) in [6.07, 6.45) is 1.29. The molecule has 1 aliphatic carbocycles. The summed E-state index contributed by atoms with van der Waals surface area (Å²) in [5, 5.41) is 11.2. The van der Waals surface area contributed by atoms with E-state index in [9.17, 15) is 23.1 Å². The van der Waals surface area contributed by atoms with E-state index in [0.29, 0.717) is 35.7 Å². The van der Waals surface area contributed by atoms with Crippen molar-refractivity contribution in [1.29, 1.82) is 0 Å². The lowest BCUT2D eigenvalue weighted by molar-refractivity contribution is -0.345. The summed E-state index contributed by atoms with van der Waals surface area (Å²) >= 11 is 6.43. The molecule has 1 saturated heterocycles. The number of piperidine rings is 1. The summed E-state index contributed by atoms with van der Waals surface area (Å²) in [6.45, 7) is 5.86. The molecule has 244 valence electrons. The van der Waals surface area contributed by atoms with Gasteiger partial charge in [0.25, 0.3) is 0 Å². The lowest BCUT2D eigenvalue weighted by Crippen LogP contribution is -2.34. The molecule has 0 amide bonds. The molecule has 1 saturated carbocycles. The Balaban J connectivity index is 1.54. The van der Waals surface area contributed by atoms with Gasteiger partial charge in [-0.05, 0) is 138 Å². The van der Waals surface area contributed by atoms with Crippen molar-refractivity contribution >= 4 is 17.6 Å². The first kappa shape index (κ1) is 34.5. The van der Waals surface area contributed by atoms with Crippen molar-refractivity contribution in [2.24, 2.45) is 0 Å². The number of halogens is 4. The number of nitrogens with zero attached hydrogens (tertiary/aromatic N) is 2. The second-order valence-corrected chi connectivity index (χ2v) is 12.8. The molecular formula is C34H46ClF3N2O4. The highest BCUT2D eigenvalue weighted by atomic mass is 35.5. The normalized spacial score (nSPS) is 21.3. The molecule has 0 bridgehead atoms. The van der Waals surface area contributed by atoms with E-state index in [1.165, 1.54) is 30.4 Å². The van der Waals surface area contributed by atoms with Gasteiger partial charge in [-0.25, -0.2) is 0 Å². The summed E-state index contributed by atoms with van der Waals surface area (Å²) in [5.41, 5.74) is 3.78. The smallest absolute Gasteiger partial charge is 0.496 e. The van der Waals surface area contributed by atoms with Crippen molar-refractivity contribution in [3.8, 4) is 5.75 Å². The Bertz CT molecular complexity index is 1230. The van der Waals surface area contributed by atoms with Crippen LogP contribution in [-0.2, 0) is 9.53 Å². The standard InChI is InChI=1S/C34H46ClF3N2O4/c1-23-10-13-26(35)22-29(23)24(17-21-40-18-5-4-6-19-40)16-20-39(2)32(33(41)42)28-8-7-9-30(43-3)31(28)25-11-14-27(15-12-25)44-34(36,37)38/h7-10,13,22,24-25,27,32H,4-6,11-12,14-21H2,1-3H3,(H,41,42)/t24-,25?,27?,32+/m1/s1. The van der Waals surface area contributed by atoms with E-state index >= 15 is 0 Å². The Morgan fingerprint density at radius 1 is 1.07 bits per heavy atom. The SMILES string of the molecule is COc1cccc([C@@H](C(=O)O)N(C)CC[C@H](CCN2CCCCC2)c2cc(Cl)ccc2C)c1C1CCC(OC(F)(F)F)CC1. The maximum atomic E-state index is 12.9. The van der Waals surface area contributed by atoms with Crippen LogP contribution in [0.2, 0.25) is 5.02 Å². The van der Waals surface area contributed by atoms with Crippen molar-refractivity contribution in [3.63, 3.8) is 0 Å². The van der Waals surface area contributed by atoms with E-state index in [1.807, 2.05) is 36.2 Å². The minimum Gasteiger partial charge on any atom is -0.496 e. The Hall–Kier alpha value is -2.33. The minimum absolute atomic E-state index is 0.129. The number of aliphatic carboxylic acids is 1. The summed E-state index contributed by atoms with van der Waals surface area (Å²) in [7, 11) is 3.38. The largest absolute Gasteiger partial charge is 0.522 e. The van der Waals surface area contributed by atoms with Crippen LogP contribution in [0.5, 0.6) is 5.75 Å². The van der Waals surface area contributed by atoms with Gasteiger partial charge in [-0.1, -0.05) is 36.2 Å². The summed E-state index contributed by atoms with van der Waals surface area (Å²) in [4.78, 5) is 17.3. The lowest BCUT2D eigenvalue weighted by Gasteiger charge is -2.34. The molecule has 2 atom stereocenters. The Morgan fingerprint density at radius 2 is 1.77 bits per heavy atom. The highest BCUT2D eigenvalue weighted by molar-refractivity contribution is 6.30. The number of aryl methyl sites for hydroxylation is 1. The van der Waals surface area contributed by atoms with E-state index in [4.69, 9.17) is 16.3 Å². The van der Waals surface area contributed by atoms with Gasteiger partial charge in [0.2, 0.25) is 0 Å². The number of ether oxygens (including phenoxy) is 2. The molecule has 0 aromatic heterocycles. The molecule has 0 radical (unpaired) electrons. The molecule has 1 N–H and O–H groups in total. The number of likely N-dealkylation sites (tertiary alicyclic amines) is 1. The molecular weight excluding hydrogens is 593 g/mol. The van der Waals surface area contributed by atoms with E-state index in [2.05, 4.69) is 16.6 Å². The topological polar surface area (TPSA) is 62.2 Å². The van der Waals surface area contributed by atoms with E-state index in [-0.39, 0.29) is 24.7 Å². The van der Waals surface area contributed by atoms with Crippen LogP contribution in [0.25, 0.3) is 0 Å². The van der Waals surface area contributed by atoms with Crippen LogP contribution in [0.4, 0.5) is 13.2 Å². The molecule has 44 heavy (non-hydrogen) atoms. The maximum absolute atomic E-state index is 12.9. The third-order valence-corrected chi connectivity index (χ3v) is 9.66. The number of methoxy groups -OCH3 is 1. The van der Waals surface area contributed by atoms with Crippen molar-refractivity contribution in [3.05, 3.63) is 63.7 Å². The molecule has 2 fully saturated rings. The third kappa shape index (κ3) is 9.35. The first-order chi connectivity index (χ1) is 21.0. The number of benzene rings is 2. The van der Waals surface area contributed by atoms with Crippen molar-refractivity contribution < 1.29 is 32.5 Å². The fourth-order valence-electron chi connectivity index (χ4n) is 7.15. The maximum Gasteiger partial charge on any atom is 0.522 e. The number of hydrogen-bond acceptors (Lipinski definition) is 5. The number of hydrogen-bond donors (Lipinski definition) is 1. The molecule has 1 aliphatic heterocycles. The van der Waals surface area contributed by atoms with E-state index in [0.717, 1.165) is 38.0 Å². The average molecular weight is 639 g/mol. The molecule has 10 heteroatoms. The van der Waals surface area contributed by atoms with Gasteiger partial charge in [0.15, 0.2) is 0 Å². The summed E-state index contributed by atoms with van der Waals surface area (Å²) in [6, 6.07) is 10.5. The van der Waals surface area contributed by atoms with Crippen LogP contribution in [-0.4, -0.2) is 73.7 Å². The molecule has 2 aromatic rings. The summed E-state index contributed by atoms with van der Waals surface area (Å²) in [5.74, 6) is -0.326. The fourth-order valence-corrected chi connectivity index (χ4v) is 7.33. The zero-order valence-electron chi connectivity index (χ0n) is 26.0. The predicted octanol–water partition coefficient (Wildman–Crippen LogP) is 8.33. The van der Waals surface area contributed by atoms with Gasteiger partial charge >= 0.3 is 12.3 Å². The average Bonchev–Trinajstić information content (AvgIpc) is 2.98. The first-order valence-electron chi connectivity index (χ1n) is 15.8. The quantitative estimate of drug-likeness (QED) is 0.238. The van der Waals surface area contributed by atoms with Gasteiger partial charge in [0.05, 0.1) is 13.2 Å². The number of alkyl halides is 3. The highest BCUT2D eigenvalue weighted by Gasteiger charge is 2.38. The molecule has 4 rings (SSSR count). The van der Waals surface area contributed by atoms with Gasteiger partial charge in [0.1, 0.15) is 11.8 Å². The van der Waals surface area contributed by atoms with Gasteiger partial charge < -0.3 is 14.7 Å². The minimum atomic E-state index is -4.67. The van der Waals surface area contributed by atoms with Crippen molar-refractivity contribution in [2.75, 3.05) is 40.3 Å². The fraction of sp³-hybridized carbons (Fsp3) is 0.618. The number of carboxylic acids is 1. The molecule has 0 spiro atoms. The molecule has 2 aromatic carbocycles. The van der Waals surface area contributed by atoms with Gasteiger partial charge in [-0.15, -0.1) is 13.2 Å². The zero-order chi connectivity index (χ0) is 31.9. The van der Waals surface area contributed by atoms with E-state index < -0.39 is 24.5 Å². The number of likely N-dealkylation sites (N-methyl/N-ethyl adjacent to an activating group) is 1. The molecule has 1 heterocycles. The summed E-state index contributed by atoms with van der Waals surface area (Å²) < 4.78 is 48.5. The zero-order valence-corrected chi connectivity index (χ0v) is 26.8. The monoisotopic (exact) mass is 638 g/mol. The number of carbonyl (C=O) groups is 1. The number of carboxylic acid groups (broad SMARTS) is 1. The Kier molecular flexibility index (Phi) is 12.4. The van der Waals surface area contributed by atoms with Crippen LogP contribution < -0.4 is 4.74 Å². The van der Waals surface area contributed by atoms with Gasteiger partial charge in [0, 0.05) is 10.6 Å². The van der Waals surface area contributed by atoms with Crippen molar-refractivity contribution in [1.82, 2.24) is 9.80 Å². The van der Waals surface area contributed by atoms with Crippen LogP contribution in [0, 0.1) is 6.92 Å². The van der Waals surface area contributed by atoms with E-state index in [1.54, 1.807) is 19.2 Å². The predicted molar refractivity (Wildman–Crippen MR) is 167 cm³/mol. The van der Waals surface area contributed by atoms with Crippen LogP contribution >= 0.6 is 11.6 Å². The second-order valence-electron chi connectivity index (χ2n) is 12.4. The van der Waals surface area contributed by atoms with Crippen LogP contribution in [0.1, 0.15) is 97.9 Å². The van der Waals surface area contributed by atoms with Gasteiger partial charge in [-0.3, -0.25) is 14.4 Å². The third-order valence-electron chi connectivity index (χ3n) is 9.43. The Morgan fingerprint density at radius 3 is 2.41 bits per heavy atom. The molecule has 6 nitrogen and oxygen atoms in total. The second kappa shape index (κ2) is 15.8. The van der Waals surface area contributed by atoms with Gasteiger partial charge in [-0.2, -0.15) is 0 Å².